The van der Waals surface area contributed by atoms with Crippen LogP contribution in [0.15, 0.2) is 76.3 Å². The van der Waals surface area contributed by atoms with Gasteiger partial charge in [-0.3, -0.25) is 14.4 Å². The van der Waals surface area contributed by atoms with Crippen LogP contribution in [0.5, 0.6) is 11.5 Å². The number of halogens is 4. The van der Waals surface area contributed by atoms with Crippen LogP contribution in [0, 0.1) is 0 Å². The fourth-order valence-corrected chi connectivity index (χ4v) is 3.46. The fourth-order valence-electron chi connectivity index (χ4n) is 3.08. The van der Waals surface area contributed by atoms with Crippen molar-refractivity contribution in [3.8, 4) is 11.5 Å². The Morgan fingerprint density at radius 2 is 1.74 bits per heavy atom. The second-order valence-corrected chi connectivity index (χ2v) is 8.74. The van der Waals surface area contributed by atoms with Crippen molar-refractivity contribution in [2.24, 2.45) is 5.10 Å². The summed E-state index contributed by atoms with van der Waals surface area (Å²) in [5, 5.41) is 8.57. The van der Waals surface area contributed by atoms with Crippen molar-refractivity contribution in [1.29, 1.82) is 0 Å². The second kappa shape index (κ2) is 13.4. The Kier molecular flexibility index (Phi) is 10.0. The average molecular weight is 607 g/mol. The van der Waals surface area contributed by atoms with Crippen LogP contribution in [0.2, 0.25) is 0 Å². The molecule has 0 heterocycles. The Balaban J connectivity index is 1.54. The Morgan fingerprint density at radius 1 is 1.00 bits per heavy atom. The van der Waals surface area contributed by atoms with E-state index in [0.29, 0.717) is 15.8 Å². The van der Waals surface area contributed by atoms with Gasteiger partial charge in [0.15, 0.2) is 6.61 Å². The van der Waals surface area contributed by atoms with Gasteiger partial charge >= 0.3 is 18.0 Å². The van der Waals surface area contributed by atoms with E-state index in [1.54, 1.807) is 36.4 Å². The molecule has 204 valence electrons. The van der Waals surface area contributed by atoms with E-state index < -0.39 is 36.1 Å². The number of benzene rings is 3. The topological polar surface area (TPSA) is 118 Å². The first-order chi connectivity index (χ1) is 18.5. The summed E-state index contributed by atoms with van der Waals surface area (Å²) in [5.41, 5.74) is 2.27. The van der Waals surface area contributed by atoms with E-state index in [2.05, 4.69) is 37.1 Å². The molecule has 0 aliphatic carbocycles. The maximum absolute atomic E-state index is 12.9. The molecule has 0 aliphatic heterocycles. The number of anilines is 1. The zero-order valence-corrected chi connectivity index (χ0v) is 21.9. The number of carbonyl (C=O) groups is 3. The van der Waals surface area contributed by atoms with Crippen LogP contribution in [0.3, 0.4) is 0 Å². The number of hydrazone groups is 1. The Bertz CT molecular complexity index is 1360. The molecule has 0 fully saturated rings. The fraction of sp³-hybridized carbons (Fsp3) is 0.154. The molecular formula is C26H22BrF3N4O5. The maximum atomic E-state index is 12.9. The van der Waals surface area contributed by atoms with E-state index in [1.807, 2.05) is 0 Å². The van der Waals surface area contributed by atoms with Gasteiger partial charge in [0.25, 0.3) is 5.91 Å². The van der Waals surface area contributed by atoms with Crippen molar-refractivity contribution in [3.63, 3.8) is 0 Å². The summed E-state index contributed by atoms with van der Waals surface area (Å²) in [7, 11) is 1.53. The van der Waals surface area contributed by atoms with Gasteiger partial charge in [0.1, 0.15) is 11.5 Å². The molecule has 3 aromatic carbocycles. The first kappa shape index (κ1) is 29.2. The average Bonchev–Trinajstić information content (AvgIpc) is 2.91. The van der Waals surface area contributed by atoms with E-state index in [-0.39, 0.29) is 18.0 Å². The van der Waals surface area contributed by atoms with Crippen molar-refractivity contribution >= 4 is 45.6 Å². The van der Waals surface area contributed by atoms with Crippen LogP contribution in [-0.4, -0.2) is 37.7 Å². The number of ether oxygens (including phenoxy) is 2. The van der Waals surface area contributed by atoms with Gasteiger partial charge < -0.3 is 20.1 Å². The van der Waals surface area contributed by atoms with Crippen molar-refractivity contribution in [2.45, 2.75) is 12.7 Å². The summed E-state index contributed by atoms with van der Waals surface area (Å²) >= 11 is 3.29. The van der Waals surface area contributed by atoms with Crippen molar-refractivity contribution in [2.75, 3.05) is 19.0 Å². The lowest BCUT2D eigenvalue weighted by molar-refractivity contribution is -0.139. The molecule has 3 rings (SSSR count). The first-order valence-electron chi connectivity index (χ1n) is 11.2. The molecule has 3 aromatic rings. The second-order valence-electron chi connectivity index (χ2n) is 7.83. The Hall–Kier alpha value is -4.39. The molecule has 0 saturated heterocycles. The van der Waals surface area contributed by atoms with Crippen LogP contribution >= 0.6 is 15.9 Å². The summed E-state index contributed by atoms with van der Waals surface area (Å²) < 4.78 is 49.8. The number of nitrogens with one attached hydrogen (secondary N) is 3. The van der Waals surface area contributed by atoms with E-state index in [9.17, 15) is 27.6 Å². The normalized spacial score (nSPS) is 11.1. The molecule has 9 nitrogen and oxygen atoms in total. The van der Waals surface area contributed by atoms with E-state index in [4.69, 9.17) is 9.47 Å². The number of alkyl halides is 3. The largest absolute Gasteiger partial charge is 0.497 e. The van der Waals surface area contributed by atoms with E-state index in [0.717, 1.165) is 17.7 Å². The lowest BCUT2D eigenvalue weighted by atomic mass is 10.2. The van der Waals surface area contributed by atoms with E-state index in [1.165, 1.54) is 31.5 Å². The minimum atomic E-state index is -4.55. The van der Waals surface area contributed by atoms with Gasteiger partial charge in [-0.15, -0.1) is 0 Å². The third kappa shape index (κ3) is 9.14. The molecule has 0 unspecified atom stereocenters. The lowest BCUT2D eigenvalue weighted by Gasteiger charge is -2.12. The van der Waals surface area contributed by atoms with Crippen LogP contribution in [0.4, 0.5) is 18.9 Å². The first-order valence-corrected chi connectivity index (χ1v) is 12.0. The third-order valence-electron chi connectivity index (χ3n) is 4.99. The monoisotopic (exact) mass is 606 g/mol. The number of rotatable bonds is 9. The number of hydrogen-bond donors (Lipinski definition) is 3. The summed E-state index contributed by atoms with van der Waals surface area (Å²) in [6.07, 6.45) is -3.34. The van der Waals surface area contributed by atoms with Crippen molar-refractivity contribution in [3.05, 3.63) is 87.9 Å². The highest BCUT2D eigenvalue weighted by Gasteiger charge is 2.30. The molecule has 0 aliphatic rings. The molecule has 0 spiro atoms. The Morgan fingerprint density at radius 3 is 2.44 bits per heavy atom. The molecule has 0 saturated carbocycles. The predicted molar refractivity (Wildman–Crippen MR) is 140 cm³/mol. The highest BCUT2D eigenvalue weighted by atomic mass is 79.9. The van der Waals surface area contributed by atoms with Gasteiger partial charge in [0, 0.05) is 22.3 Å². The number of nitrogens with zero attached hydrogens (tertiary/aromatic N) is 1. The van der Waals surface area contributed by atoms with Crippen molar-refractivity contribution < 1.29 is 37.0 Å². The van der Waals surface area contributed by atoms with E-state index >= 15 is 0 Å². The molecule has 3 amide bonds. The molecule has 3 N–H and O–H groups in total. The van der Waals surface area contributed by atoms with Crippen LogP contribution in [0.1, 0.15) is 16.7 Å². The smallest absolute Gasteiger partial charge is 0.416 e. The third-order valence-corrected chi connectivity index (χ3v) is 5.49. The van der Waals surface area contributed by atoms with Crippen LogP contribution in [0.25, 0.3) is 0 Å². The highest BCUT2D eigenvalue weighted by molar-refractivity contribution is 9.10. The maximum Gasteiger partial charge on any atom is 0.416 e. The SMILES string of the molecule is COc1ccc(CNC(=O)C(=O)N/N=C\c2cc(Br)ccc2OCC(=O)Nc2cccc(C(F)(F)F)c2)cc1. The van der Waals surface area contributed by atoms with Gasteiger partial charge in [0.05, 0.1) is 18.9 Å². The lowest BCUT2D eigenvalue weighted by Crippen LogP contribution is -2.37. The van der Waals surface area contributed by atoms with Gasteiger partial charge in [-0.2, -0.15) is 18.3 Å². The molecular weight excluding hydrogens is 585 g/mol. The standard InChI is InChI=1S/C26H22BrF3N4O5/c1-38-21-8-5-16(6-9-21)13-31-24(36)25(37)34-32-14-17-11-19(27)7-10-22(17)39-15-23(35)33-20-4-2-3-18(12-20)26(28,29)30/h2-12,14H,13,15H2,1H3,(H,31,36)(H,33,35)(H,34,37)/b32-14-. The van der Waals surface area contributed by atoms with Gasteiger partial charge in [-0.25, -0.2) is 5.43 Å². The van der Waals surface area contributed by atoms with Crippen molar-refractivity contribution in [1.82, 2.24) is 10.7 Å². The quantitative estimate of drug-likeness (QED) is 0.191. The summed E-state index contributed by atoms with van der Waals surface area (Å²) in [6, 6.07) is 15.9. The molecule has 0 radical (unpaired) electrons. The highest BCUT2D eigenvalue weighted by Crippen LogP contribution is 2.30. The van der Waals surface area contributed by atoms with Crippen LogP contribution < -0.4 is 25.5 Å². The molecule has 0 bridgehead atoms. The minimum absolute atomic E-state index is 0.0380. The summed E-state index contributed by atoms with van der Waals surface area (Å²) in [6.45, 7) is -0.398. The molecule has 13 heteroatoms. The minimum Gasteiger partial charge on any atom is -0.497 e. The van der Waals surface area contributed by atoms with Gasteiger partial charge in [-0.05, 0) is 54.1 Å². The molecule has 0 atom stereocenters. The summed E-state index contributed by atoms with van der Waals surface area (Å²) in [4.78, 5) is 36.3. The van der Waals surface area contributed by atoms with Crippen LogP contribution in [-0.2, 0) is 27.1 Å². The zero-order valence-electron chi connectivity index (χ0n) is 20.3. The Labute approximate surface area is 229 Å². The number of methoxy groups -OCH3 is 1. The zero-order chi connectivity index (χ0) is 28.4. The number of hydrogen-bond acceptors (Lipinski definition) is 6. The predicted octanol–water partition coefficient (Wildman–Crippen LogP) is 4.26. The van der Waals surface area contributed by atoms with Gasteiger partial charge in [-0.1, -0.05) is 34.1 Å². The molecule has 0 aromatic heterocycles. The number of amides is 3. The number of carbonyl (C=O) groups excluding carboxylic acids is 3. The molecule has 39 heavy (non-hydrogen) atoms. The summed E-state index contributed by atoms with van der Waals surface area (Å²) in [5.74, 6) is -1.75. The van der Waals surface area contributed by atoms with Gasteiger partial charge in [0.2, 0.25) is 0 Å².